The molecule has 0 aliphatic carbocycles. The van der Waals surface area contributed by atoms with Crippen molar-refractivity contribution in [1.29, 1.82) is 0 Å². The van der Waals surface area contributed by atoms with E-state index in [9.17, 15) is 0 Å². The summed E-state index contributed by atoms with van der Waals surface area (Å²) in [6.07, 6.45) is 1.69. The van der Waals surface area contributed by atoms with Crippen LogP contribution in [0.25, 0.3) is 0 Å². The van der Waals surface area contributed by atoms with Gasteiger partial charge >= 0.3 is 0 Å². The largest absolute Gasteiger partial charge is 0.542 e. The highest BCUT2D eigenvalue weighted by Gasteiger charge is 2.38. The molecule has 1 rings (SSSR count). The van der Waals surface area contributed by atoms with Gasteiger partial charge in [0.15, 0.2) is 0 Å². The zero-order chi connectivity index (χ0) is 11.7. The number of hydrogen-bond donors (Lipinski definition) is 1. The molecule has 0 aromatic carbocycles. The van der Waals surface area contributed by atoms with Crippen LogP contribution in [0, 0.1) is 0 Å². The molecule has 0 atom stereocenters. The first-order chi connectivity index (χ1) is 6.72. The topological polar surface area (TPSA) is 48.1 Å². The molecule has 3 nitrogen and oxygen atoms in total. The Balaban J connectivity index is 2.82. The fourth-order valence-electron chi connectivity index (χ4n) is 0.900. The Morgan fingerprint density at radius 3 is 2.27 bits per heavy atom. The lowest BCUT2D eigenvalue weighted by Crippen LogP contribution is -2.43. The average molecular weight is 224 g/mol. The first kappa shape index (κ1) is 12.0. The summed E-state index contributed by atoms with van der Waals surface area (Å²) in [5.74, 6) is 1.34. The lowest BCUT2D eigenvalue weighted by molar-refractivity contribution is 0.490. The van der Waals surface area contributed by atoms with E-state index in [1.807, 2.05) is 6.07 Å². The minimum absolute atomic E-state index is 0.203. The van der Waals surface area contributed by atoms with Crippen LogP contribution >= 0.6 is 0 Å². The van der Waals surface area contributed by atoms with E-state index in [0.717, 1.165) is 5.75 Å². The third-order valence-corrected chi connectivity index (χ3v) is 7.30. The van der Waals surface area contributed by atoms with Crippen LogP contribution in [0.1, 0.15) is 20.8 Å². The molecule has 0 fully saturated rings. The third-order valence-electron chi connectivity index (χ3n) is 2.94. The Kier molecular flexibility index (Phi) is 3.09. The van der Waals surface area contributed by atoms with Gasteiger partial charge < -0.3 is 10.2 Å². The van der Waals surface area contributed by atoms with Crippen LogP contribution in [0.3, 0.4) is 0 Å². The molecule has 1 aromatic heterocycles. The van der Waals surface area contributed by atoms with E-state index in [-0.39, 0.29) is 5.04 Å². The normalized spacial score (nSPS) is 12.6. The highest BCUT2D eigenvalue weighted by Crippen LogP contribution is 2.37. The van der Waals surface area contributed by atoms with Crippen LogP contribution in [-0.4, -0.2) is 13.3 Å². The number of hydrogen-bond acceptors (Lipinski definition) is 3. The van der Waals surface area contributed by atoms with Gasteiger partial charge in [0.05, 0.1) is 6.20 Å². The summed E-state index contributed by atoms with van der Waals surface area (Å²) in [7, 11) is -1.74. The first-order valence-electron chi connectivity index (χ1n) is 5.13. The Morgan fingerprint density at radius 2 is 1.87 bits per heavy atom. The number of nitrogen functional groups attached to an aromatic ring is 1. The summed E-state index contributed by atoms with van der Waals surface area (Å²) in [5.41, 5.74) is 5.52. The molecule has 0 aliphatic rings. The van der Waals surface area contributed by atoms with E-state index < -0.39 is 8.32 Å². The number of rotatable bonds is 2. The molecule has 0 spiro atoms. The highest BCUT2D eigenvalue weighted by molar-refractivity contribution is 6.74. The van der Waals surface area contributed by atoms with E-state index in [2.05, 4.69) is 38.8 Å². The van der Waals surface area contributed by atoms with E-state index >= 15 is 0 Å². The minimum atomic E-state index is -1.74. The van der Waals surface area contributed by atoms with Crippen molar-refractivity contribution in [2.75, 3.05) is 5.73 Å². The van der Waals surface area contributed by atoms with Crippen LogP contribution in [-0.2, 0) is 0 Å². The van der Waals surface area contributed by atoms with Gasteiger partial charge in [-0.3, -0.25) is 0 Å². The standard InChI is InChI=1S/C11H20N2OSi/c1-11(2,3)15(4,5)14-9-6-7-10(12)13-8-9/h6-8H,1-5H3,(H2,12,13). The average Bonchev–Trinajstić information content (AvgIpc) is 2.06. The van der Waals surface area contributed by atoms with Crippen LogP contribution in [0.5, 0.6) is 5.75 Å². The fourth-order valence-corrected chi connectivity index (χ4v) is 1.92. The predicted molar refractivity (Wildman–Crippen MR) is 66.5 cm³/mol. The van der Waals surface area contributed by atoms with Gasteiger partial charge in [0.25, 0.3) is 8.32 Å². The highest BCUT2D eigenvalue weighted by atomic mass is 28.4. The second-order valence-corrected chi connectivity index (χ2v) is 10.0. The molecule has 2 N–H and O–H groups in total. The summed E-state index contributed by atoms with van der Waals surface area (Å²) in [5, 5.41) is 0.203. The third kappa shape index (κ3) is 2.96. The van der Waals surface area contributed by atoms with Gasteiger partial charge in [-0.15, -0.1) is 0 Å². The number of aromatic nitrogens is 1. The van der Waals surface area contributed by atoms with Crippen molar-refractivity contribution in [2.45, 2.75) is 38.9 Å². The second-order valence-electron chi connectivity index (χ2n) is 5.28. The number of anilines is 1. The van der Waals surface area contributed by atoms with Crippen molar-refractivity contribution >= 4 is 14.1 Å². The molecule has 0 amide bonds. The zero-order valence-electron chi connectivity index (χ0n) is 10.2. The molecule has 0 bridgehead atoms. The Bertz CT molecular complexity index is 327. The Labute approximate surface area is 92.8 Å². The van der Waals surface area contributed by atoms with E-state index in [1.165, 1.54) is 0 Å². The summed E-state index contributed by atoms with van der Waals surface area (Å²) in [4.78, 5) is 4.02. The van der Waals surface area contributed by atoms with Crippen molar-refractivity contribution in [3.63, 3.8) is 0 Å². The van der Waals surface area contributed by atoms with Crippen LogP contribution in [0.2, 0.25) is 18.1 Å². The van der Waals surface area contributed by atoms with E-state index in [4.69, 9.17) is 10.2 Å². The minimum Gasteiger partial charge on any atom is -0.542 e. The molecule has 0 unspecified atom stereocenters. The second kappa shape index (κ2) is 3.85. The Hall–Kier alpha value is -1.03. The summed E-state index contributed by atoms with van der Waals surface area (Å²) >= 11 is 0. The summed E-state index contributed by atoms with van der Waals surface area (Å²) in [6, 6.07) is 3.64. The number of pyridine rings is 1. The molecule has 0 radical (unpaired) electrons. The van der Waals surface area contributed by atoms with E-state index in [1.54, 1.807) is 12.3 Å². The maximum atomic E-state index is 6.04. The molecule has 84 valence electrons. The van der Waals surface area contributed by atoms with Crippen LogP contribution in [0.15, 0.2) is 18.3 Å². The van der Waals surface area contributed by atoms with Gasteiger partial charge in [0.2, 0.25) is 0 Å². The van der Waals surface area contributed by atoms with Gasteiger partial charge in [-0.05, 0) is 30.3 Å². The van der Waals surface area contributed by atoms with Gasteiger partial charge in [-0.2, -0.15) is 0 Å². The predicted octanol–water partition coefficient (Wildman–Crippen LogP) is 3.05. The molecule has 4 heteroatoms. The van der Waals surface area contributed by atoms with Gasteiger partial charge in [0, 0.05) is 0 Å². The van der Waals surface area contributed by atoms with Crippen molar-refractivity contribution in [3.05, 3.63) is 18.3 Å². The molecule has 15 heavy (non-hydrogen) atoms. The summed E-state index contributed by atoms with van der Waals surface area (Å²) < 4.78 is 6.04. The quantitative estimate of drug-likeness (QED) is 0.785. The van der Waals surface area contributed by atoms with Gasteiger partial charge in [0.1, 0.15) is 11.6 Å². The number of nitrogens with zero attached hydrogens (tertiary/aromatic N) is 1. The lowest BCUT2D eigenvalue weighted by Gasteiger charge is -2.36. The maximum Gasteiger partial charge on any atom is 0.250 e. The lowest BCUT2D eigenvalue weighted by atomic mass is 10.2. The number of nitrogens with two attached hydrogens (primary N) is 1. The van der Waals surface area contributed by atoms with Crippen LogP contribution < -0.4 is 10.2 Å². The maximum absolute atomic E-state index is 6.04. The van der Waals surface area contributed by atoms with Gasteiger partial charge in [-0.1, -0.05) is 20.8 Å². The fraction of sp³-hybridized carbons (Fsp3) is 0.545. The molecular formula is C11H20N2OSi. The SMILES string of the molecule is CC(C)(C)[Si](C)(C)Oc1ccc(N)nc1. The zero-order valence-corrected chi connectivity index (χ0v) is 11.2. The monoisotopic (exact) mass is 224 g/mol. The molecule has 1 aromatic rings. The van der Waals surface area contributed by atoms with Gasteiger partial charge in [-0.25, -0.2) is 4.98 Å². The molecule has 0 saturated carbocycles. The van der Waals surface area contributed by atoms with Crippen molar-refractivity contribution in [1.82, 2.24) is 4.98 Å². The molecule has 0 saturated heterocycles. The smallest absolute Gasteiger partial charge is 0.250 e. The molecule has 0 aliphatic heterocycles. The Morgan fingerprint density at radius 1 is 1.27 bits per heavy atom. The van der Waals surface area contributed by atoms with Crippen molar-refractivity contribution in [3.8, 4) is 5.75 Å². The molecule has 1 heterocycles. The molecular weight excluding hydrogens is 204 g/mol. The van der Waals surface area contributed by atoms with Crippen molar-refractivity contribution in [2.24, 2.45) is 0 Å². The first-order valence-corrected chi connectivity index (χ1v) is 8.04. The summed E-state index contributed by atoms with van der Waals surface area (Å²) in [6.45, 7) is 11.1. The van der Waals surface area contributed by atoms with E-state index in [0.29, 0.717) is 5.82 Å². The van der Waals surface area contributed by atoms with Crippen molar-refractivity contribution < 1.29 is 4.43 Å². The van der Waals surface area contributed by atoms with Crippen LogP contribution in [0.4, 0.5) is 5.82 Å².